The minimum absolute atomic E-state index is 0.129. The van der Waals surface area contributed by atoms with Gasteiger partial charge in [0.2, 0.25) is 11.8 Å². The zero-order chi connectivity index (χ0) is 13.0. The number of carbonyl (C=O) groups excluding carboxylic acids is 2. The van der Waals surface area contributed by atoms with E-state index in [0.717, 1.165) is 12.0 Å². The molecule has 1 fully saturated rings. The van der Waals surface area contributed by atoms with E-state index < -0.39 is 6.10 Å². The molecule has 0 saturated carbocycles. The maximum absolute atomic E-state index is 11.4. The van der Waals surface area contributed by atoms with Gasteiger partial charge in [0.15, 0.2) is 0 Å². The van der Waals surface area contributed by atoms with Gasteiger partial charge in [-0.1, -0.05) is 30.3 Å². The lowest BCUT2D eigenvalue weighted by molar-refractivity contribution is -0.140. The highest BCUT2D eigenvalue weighted by Crippen LogP contribution is 2.13. The van der Waals surface area contributed by atoms with Gasteiger partial charge in [0.25, 0.3) is 0 Å². The first-order valence-electron chi connectivity index (χ1n) is 6.22. The Morgan fingerprint density at radius 1 is 1.11 bits per heavy atom. The minimum Gasteiger partial charge on any atom is -0.391 e. The number of β-amino-alcohol motifs (C(OH)–C–C–N with tert-alkyl or cyclic N) is 1. The molecule has 1 heterocycles. The van der Waals surface area contributed by atoms with Gasteiger partial charge in [-0.15, -0.1) is 0 Å². The van der Waals surface area contributed by atoms with Crippen LogP contribution in [0, 0.1) is 0 Å². The Labute approximate surface area is 106 Å². The van der Waals surface area contributed by atoms with Crippen LogP contribution in [0.5, 0.6) is 0 Å². The molecule has 0 bridgehead atoms. The molecule has 4 nitrogen and oxygen atoms in total. The number of hydrogen-bond acceptors (Lipinski definition) is 3. The maximum atomic E-state index is 11.4. The van der Waals surface area contributed by atoms with Crippen molar-refractivity contribution < 1.29 is 14.7 Å². The number of aryl methyl sites for hydroxylation is 1. The second kappa shape index (κ2) is 5.78. The van der Waals surface area contributed by atoms with E-state index in [-0.39, 0.29) is 31.2 Å². The monoisotopic (exact) mass is 247 g/mol. The highest BCUT2D eigenvalue weighted by atomic mass is 16.3. The van der Waals surface area contributed by atoms with Crippen molar-refractivity contribution in [1.82, 2.24) is 4.90 Å². The van der Waals surface area contributed by atoms with Gasteiger partial charge in [0.05, 0.1) is 12.6 Å². The Hall–Kier alpha value is -1.68. The van der Waals surface area contributed by atoms with E-state index in [4.69, 9.17) is 0 Å². The summed E-state index contributed by atoms with van der Waals surface area (Å²) in [5, 5.41) is 9.86. The molecule has 1 aromatic rings. The van der Waals surface area contributed by atoms with Gasteiger partial charge >= 0.3 is 0 Å². The number of benzene rings is 1. The Balaban J connectivity index is 1.80. The Morgan fingerprint density at radius 2 is 1.72 bits per heavy atom. The van der Waals surface area contributed by atoms with Crippen LogP contribution >= 0.6 is 0 Å². The van der Waals surface area contributed by atoms with E-state index in [9.17, 15) is 14.7 Å². The lowest BCUT2D eigenvalue weighted by Crippen LogP contribution is -2.36. The average Bonchev–Trinajstić information content (AvgIpc) is 2.69. The third-order valence-electron chi connectivity index (χ3n) is 3.16. The molecule has 0 unspecified atom stereocenters. The lowest BCUT2D eigenvalue weighted by Gasteiger charge is -2.18. The smallest absolute Gasteiger partial charge is 0.229 e. The van der Waals surface area contributed by atoms with Crippen LogP contribution in [0.15, 0.2) is 30.3 Å². The normalized spacial score (nSPS) is 17.3. The SMILES string of the molecule is O=C1CCC(=O)N1C[C@H](O)CCc1ccccc1. The van der Waals surface area contributed by atoms with Crippen molar-refractivity contribution >= 4 is 11.8 Å². The molecular formula is C14H17NO3. The largest absolute Gasteiger partial charge is 0.391 e. The lowest BCUT2D eigenvalue weighted by atomic mass is 10.1. The number of rotatable bonds is 5. The number of amides is 2. The molecule has 18 heavy (non-hydrogen) atoms. The summed E-state index contributed by atoms with van der Waals surface area (Å²) in [6.45, 7) is 0.129. The molecular weight excluding hydrogens is 230 g/mol. The number of likely N-dealkylation sites (tertiary alicyclic amines) is 1. The van der Waals surface area contributed by atoms with Gasteiger partial charge in [-0.2, -0.15) is 0 Å². The number of imide groups is 1. The highest BCUT2D eigenvalue weighted by molar-refractivity contribution is 6.01. The van der Waals surface area contributed by atoms with Gasteiger partial charge in [0.1, 0.15) is 0 Å². The summed E-state index contributed by atoms with van der Waals surface area (Å²) in [4.78, 5) is 24.0. The second-order valence-corrected chi connectivity index (χ2v) is 4.58. The number of aliphatic hydroxyl groups is 1. The topological polar surface area (TPSA) is 57.6 Å². The van der Waals surface area contributed by atoms with Crippen LogP contribution in [0.3, 0.4) is 0 Å². The third kappa shape index (κ3) is 3.17. The van der Waals surface area contributed by atoms with Gasteiger partial charge in [-0.25, -0.2) is 0 Å². The van der Waals surface area contributed by atoms with E-state index in [0.29, 0.717) is 6.42 Å². The molecule has 0 aliphatic carbocycles. The van der Waals surface area contributed by atoms with Crippen molar-refractivity contribution in [2.45, 2.75) is 31.8 Å². The van der Waals surface area contributed by atoms with E-state index in [2.05, 4.69) is 0 Å². The maximum Gasteiger partial charge on any atom is 0.229 e. The van der Waals surface area contributed by atoms with E-state index >= 15 is 0 Å². The molecule has 4 heteroatoms. The summed E-state index contributed by atoms with van der Waals surface area (Å²) >= 11 is 0. The van der Waals surface area contributed by atoms with Crippen LogP contribution in [0.25, 0.3) is 0 Å². The predicted molar refractivity (Wildman–Crippen MR) is 66.7 cm³/mol. The van der Waals surface area contributed by atoms with Crippen LogP contribution in [-0.4, -0.2) is 34.5 Å². The van der Waals surface area contributed by atoms with Crippen LogP contribution in [0.2, 0.25) is 0 Å². The zero-order valence-electron chi connectivity index (χ0n) is 10.2. The van der Waals surface area contributed by atoms with E-state index in [1.165, 1.54) is 4.90 Å². The molecule has 1 N–H and O–H groups in total. The van der Waals surface area contributed by atoms with E-state index in [1.54, 1.807) is 0 Å². The summed E-state index contributed by atoms with van der Waals surface area (Å²) < 4.78 is 0. The number of carbonyl (C=O) groups is 2. The van der Waals surface area contributed by atoms with Crippen molar-refractivity contribution in [3.8, 4) is 0 Å². The first-order valence-corrected chi connectivity index (χ1v) is 6.22. The molecule has 0 radical (unpaired) electrons. The Bertz CT molecular complexity index is 414. The summed E-state index contributed by atoms with van der Waals surface area (Å²) in [5.74, 6) is -0.336. The summed E-state index contributed by atoms with van der Waals surface area (Å²) in [5.41, 5.74) is 1.15. The van der Waals surface area contributed by atoms with Gasteiger partial charge in [-0.05, 0) is 18.4 Å². The molecule has 2 amide bonds. The number of nitrogens with zero attached hydrogens (tertiary/aromatic N) is 1. The zero-order valence-corrected chi connectivity index (χ0v) is 10.2. The van der Waals surface area contributed by atoms with Crippen molar-refractivity contribution in [3.05, 3.63) is 35.9 Å². The van der Waals surface area contributed by atoms with Crippen molar-refractivity contribution in [2.75, 3.05) is 6.54 Å². The van der Waals surface area contributed by atoms with E-state index in [1.807, 2.05) is 30.3 Å². The van der Waals surface area contributed by atoms with Crippen LogP contribution in [0.1, 0.15) is 24.8 Å². The van der Waals surface area contributed by atoms with Crippen LogP contribution in [0.4, 0.5) is 0 Å². The molecule has 1 aliphatic rings. The van der Waals surface area contributed by atoms with Crippen molar-refractivity contribution in [1.29, 1.82) is 0 Å². The van der Waals surface area contributed by atoms with Gasteiger partial charge in [-0.3, -0.25) is 14.5 Å². The molecule has 2 rings (SSSR count). The fourth-order valence-electron chi connectivity index (χ4n) is 2.11. The molecule has 0 aromatic heterocycles. The average molecular weight is 247 g/mol. The fourth-order valence-corrected chi connectivity index (χ4v) is 2.11. The second-order valence-electron chi connectivity index (χ2n) is 4.58. The Kier molecular flexibility index (Phi) is 4.10. The molecule has 96 valence electrons. The number of aliphatic hydroxyl groups excluding tert-OH is 1. The van der Waals surface area contributed by atoms with Gasteiger partial charge in [0, 0.05) is 12.8 Å². The quantitative estimate of drug-likeness (QED) is 0.793. The molecule has 1 aliphatic heterocycles. The summed E-state index contributed by atoms with van der Waals surface area (Å²) in [6.07, 6.45) is 1.23. The summed E-state index contributed by atoms with van der Waals surface area (Å²) in [7, 11) is 0. The van der Waals surface area contributed by atoms with Crippen molar-refractivity contribution in [3.63, 3.8) is 0 Å². The van der Waals surface area contributed by atoms with Gasteiger partial charge < -0.3 is 5.11 Å². The highest BCUT2D eigenvalue weighted by Gasteiger charge is 2.30. The molecule has 1 saturated heterocycles. The molecule has 1 aromatic carbocycles. The fraction of sp³-hybridized carbons (Fsp3) is 0.429. The molecule has 0 spiro atoms. The minimum atomic E-state index is -0.642. The van der Waals surface area contributed by atoms with Crippen LogP contribution < -0.4 is 0 Å². The summed E-state index contributed by atoms with van der Waals surface area (Å²) in [6, 6.07) is 9.85. The van der Waals surface area contributed by atoms with Crippen LogP contribution in [-0.2, 0) is 16.0 Å². The predicted octanol–water partition coefficient (Wildman–Crippen LogP) is 1.13. The van der Waals surface area contributed by atoms with Crippen molar-refractivity contribution in [2.24, 2.45) is 0 Å². The Morgan fingerprint density at radius 3 is 2.33 bits per heavy atom. The number of hydrogen-bond donors (Lipinski definition) is 1. The third-order valence-corrected chi connectivity index (χ3v) is 3.16. The first-order chi connectivity index (χ1) is 8.66. The first kappa shape index (κ1) is 12.8. The molecule has 1 atom stereocenters. The standard InChI is InChI=1S/C14H17NO3/c16-12(7-6-11-4-2-1-3-5-11)10-15-13(17)8-9-14(15)18/h1-5,12,16H,6-10H2/t12-/m1/s1.